The zero-order valence-electron chi connectivity index (χ0n) is 19.6. The molecule has 180 valence electrons. The van der Waals surface area contributed by atoms with E-state index in [9.17, 15) is 14.7 Å². The molecular formula is C28H25Cl2NO4. The van der Waals surface area contributed by atoms with Gasteiger partial charge in [0.1, 0.15) is 11.5 Å². The number of Topliss-reactive ketones (excluding diaryl/α,β-unsaturated/α-hetero) is 1. The number of aryl methyl sites for hydroxylation is 1. The van der Waals surface area contributed by atoms with Gasteiger partial charge in [0.05, 0.1) is 28.3 Å². The van der Waals surface area contributed by atoms with Gasteiger partial charge in [-0.1, -0.05) is 61.3 Å². The van der Waals surface area contributed by atoms with Gasteiger partial charge in [-0.05, 0) is 66.4 Å². The number of ketones is 1. The van der Waals surface area contributed by atoms with Crippen molar-refractivity contribution in [3.63, 3.8) is 0 Å². The second kappa shape index (κ2) is 10.1. The lowest BCUT2D eigenvalue weighted by Gasteiger charge is -2.27. The summed E-state index contributed by atoms with van der Waals surface area (Å²) in [5.41, 5.74) is 2.41. The van der Waals surface area contributed by atoms with Crippen molar-refractivity contribution in [2.24, 2.45) is 5.92 Å². The van der Waals surface area contributed by atoms with E-state index in [0.717, 1.165) is 11.1 Å². The maximum Gasteiger partial charge on any atom is 0.300 e. The number of amides is 1. The summed E-state index contributed by atoms with van der Waals surface area (Å²) in [6, 6.07) is 18.2. The molecule has 1 saturated heterocycles. The van der Waals surface area contributed by atoms with Crippen LogP contribution >= 0.6 is 23.2 Å². The minimum Gasteiger partial charge on any atom is -0.507 e. The average molecular weight is 510 g/mol. The summed E-state index contributed by atoms with van der Waals surface area (Å²) in [5.74, 6) is -0.774. The Bertz CT molecular complexity index is 1310. The second-order valence-corrected chi connectivity index (χ2v) is 9.67. The molecule has 0 radical (unpaired) electrons. The van der Waals surface area contributed by atoms with Gasteiger partial charge in [-0.15, -0.1) is 0 Å². The van der Waals surface area contributed by atoms with Crippen molar-refractivity contribution in [2.45, 2.75) is 26.8 Å². The molecule has 4 rings (SSSR count). The molecule has 0 spiro atoms. The van der Waals surface area contributed by atoms with Crippen LogP contribution in [0, 0.1) is 12.8 Å². The Hall–Kier alpha value is -3.28. The van der Waals surface area contributed by atoms with Crippen molar-refractivity contribution in [3.8, 4) is 5.75 Å². The van der Waals surface area contributed by atoms with Crippen LogP contribution in [0.25, 0.3) is 5.76 Å². The predicted octanol–water partition coefficient (Wildman–Crippen LogP) is 6.96. The van der Waals surface area contributed by atoms with Gasteiger partial charge in [0.25, 0.3) is 11.7 Å². The molecule has 0 bridgehead atoms. The molecule has 35 heavy (non-hydrogen) atoms. The first-order valence-electron chi connectivity index (χ1n) is 11.2. The van der Waals surface area contributed by atoms with E-state index in [-0.39, 0.29) is 16.4 Å². The van der Waals surface area contributed by atoms with E-state index < -0.39 is 17.7 Å². The van der Waals surface area contributed by atoms with Crippen LogP contribution < -0.4 is 9.64 Å². The van der Waals surface area contributed by atoms with Gasteiger partial charge in [-0.3, -0.25) is 14.5 Å². The van der Waals surface area contributed by atoms with Gasteiger partial charge in [-0.2, -0.15) is 0 Å². The molecule has 3 aromatic carbocycles. The lowest BCUT2D eigenvalue weighted by atomic mass is 9.92. The molecule has 1 heterocycles. The van der Waals surface area contributed by atoms with Crippen molar-refractivity contribution in [1.82, 2.24) is 0 Å². The number of benzene rings is 3. The van der Waals surface area contributed by atoms with Crippen LogP contribution in [0.5, 0.6) is 5.75 Å². The van der Waals surface area contributed by atoms with E-state index in [1.807, 2.05) is 31.2 Å². The number of halogens is 2. The Labute approximate surface area is 214 Å². The van der Waals surface area contributed by atoms with Gasteiger partial charge in [0, 0.05) is 11.3 Å². The molecular weight excluding hydrogens is 485 g/mol. The molecule has 1 aliphatic heterocycles. The third-order valence-corrected chi connectivity index (χ3v) is 6.56. The number of carbonyl (C=O) groups is 2. The highest BCUT2D eigenvalue weighted by Crippen LogP contribution is 2.43. The molecule has 1 aliphatic rings. The largest absolute Gasteiger partial charge is 0.507 e. The molecule has 1 unspecified atom stereocenters. The number of ether oxygens (including phenoxy) is 1. The highest BCUT2D eigenvalue weighted by Gasteiger charge is 2.47. The summed E-state index contributed by atoms with van der Waals surface area (Å²) in [7, 11) is 0. The van der Waals surface area contributed by atoms with E-state index in [0.29, 0.717) is 34.5 Å². The number of aliphatic hydroxyl groups excluding tert-OH is 1. The van der Waals surface area contributed by atoms with E-state index in [4.69, 9.17) is 27.9 Å². The number of hydrogen-bond donors (Lipinski definition) is 1. The molecule has 3 aromatic rings. The lowest BCUT2D eigenvalue weighted by molar-refractivity contribution is -0.132. The second-order valence-electron chi connectivity index (χ2n) is 8.85. The number of carbonyl (C=O) groups excluding carboxylic acids is 2. The SMILES string of the molecule is Cc1ccccc1C1/C(=C(\O)c2ccc(Cl)c(Cl)c2)C(=O)C(=O)N1c1ccc(OCC(C)C)cc1. The fourth-order valence-corrected chi connectivity index (χ4v) is 4.35. The third kappa shape index (κ3) is 4.93. The molecule has 0 saturated carbocycles. The predicted molar refractivity (Wildman–Crippen MR) is 139 cm³/mol. The number of hydrogen-bond acceptors (Lipinski definition) is 4. The van der Waals surface area contributed by atoms with Crippen molar-refractivity contribution in [1.29, 1.82) is 0 Å². The molecule has 0 aliphatic carbocycles. The molecule has 1 N–H and O–H groups in total. The number of rotatable bonds is 6. The van der Waals surface area contributed by atoms with E-state index >= 15 is 0 Å². The molecule has 0 aromatic heterocycles. The highest BCUT2D eigenvalue weighted by molar-refractivity contribution is 6.51. The zero-order chi connectivity index (χ0) is 25.3. The molecule has 1 amide bonds. The molecule has 7 heteroatoms. The fourth-order valence-electron chi connectivity index (χ4n) is 4.05. The summed E-state index contributed by atoms with van der Waals surface area (Å²) >= 11 is 12.2. The van der Waals surface area contributed by atoms with Crippen molar-refractivity contribution < 1.29 is 19.4 Å². The van der Waals surface area contributed by atoms with E-state index in [1.54, 1.807) is 30.3 Å². The molecule has 5 nitrogen and oxygen atoms in total. The van der Waals surface area contributed by atoms with Crippen LogP contribution in [0.2, 0.25) is 10.0 Å². The summed E-state index contributed by atoms with van der Waals surface area (Å²) in [6.45, 7) is 6.59. The normalized spacial score (nSPS) is 17.3. The van der Waals surface area contributed by atoms with E-state index in [1.165, 1.54) is 17.0 Å². The monoisotopic (exact) mass is 509 g/mol. The van der Waals surface area contributed by atoms with Crippen molar-refractivity contribution in [3.05, 3.63) is 99.0 Å². The van der Waals surface area contributed by atoms with Gasteiger partial charge in [0.15, 0.2) is 0 Å². The van der Waals surface area contributed by atoms with Gasteiger partial charge in [-0.25, -0.2) is 0 Å². The van der Waals surface area contributed by atoms with Crippen molar-refractivity contribution in [2.75, 3.05) is 11.5 Å². The van der Waals surface area contributed by atoms with E-state index in [2.05, 4.69) is 13.8 Å². The van der Waals surface area contributed by atoms with Crippen LogP contribution in [0.15, 0.2) is 72.3 Å². The van der Waals surface area contributed by atoms with Crippen LogP contribution in [-0.2, 0) is 9.59 Å². The Balaban J connectivity index is 1.85. The van der Waals surface area contributed by atoms with Gasteiger partial charge < -0.3 is 9.84 Å². The standard InChI is InChI=1S/C28H25Cl2NO4/c1-16(2)15-35-20-11-9-19(10-12-20)31-25(21-7-5-4-6-17(21)3)24(27(33)28(31)34)26(32)18-8-13-22(29)23(30)14-18/h4-14,16,25,32H,15H2,1-3H3/b26-24+. The average Bonchev–Trinajstić information content (AvgIpc) is 3.10. The topological polar surface area (TPSA) is 66.8 Å². The Kier molecular flexibility index (Phi) is 7.20. The quantitative estimate of drug-likeness (QED) is 0.221. The summed E-state index contributed by atoms with van der Waals surface area (Å²) in [5, 5.41) is 11.8. The lowest BCUT2D eigenvalue weighted by Crippen LogP contribution is -2.29. The maximum atomic E-state index is 13.3. The minimum absolute atomic E-state index is 0.0113. The van der Waals surface area contributed by atoms with Crippen LogP contribution in [0.4, 0.5) is 5.69 Å². The molecule has 1 fully saturated rings. The first-order valence-corrected chi connectivity index (χ1v) is 12.0. The van der Waals surface area contributed by atoms with Crippen molar-refractivity contribution >= 4 is 46.3 Å². The number of aliphatic hydroxyl groups is 1. The fraction of sp³-hybridized carbons (Fsp3) is 0.214. The molecule has 1 atom stereocenters. The highest BCUT2D eigenvalue weighted by atomic mass is 35.5. The number of nitrogens with zero attached hydrogens (tertiary/aromatic N) is 1. The Morgan fingerprint density at radius 3 is 2.31 bits per heavy atom. The van der Waals surface area contributed by atoms with Crippen LogP contribution in [-0.4, -0.2) is 23.4 Å². The summed E-state index contributed by atoms with van der Waals surface area (Å²) in [4.78, 5) is 28.0. The first-order chi connectivity index (χ1) is 16.7. The zero-order valence-corrected chi connectivity index (χ0v) is 21.1. The summed E-state index contributed by atoms with van der Waals surface area (Å²) < 4.78 is 5.76. The van der Waals surface area contributed by atoms with Crippen LogP contribution in [0.1, 0.15) is 36.6 Å². The summed E-state index contributed by atoms with van der Waals surface area (Å²) in [6.07, 6.45) is 0. The van der Waals surface area contributed by atoms with Gasteiger partial charge >= 0.3 is 0 Å². The Morgan fingerprint density at radius 1 is 1.00 bits per heavy atom. The smallest absolute Gasteiger partial charge is 0.300 e. The first kappa shape index (κ1) is 24.8. The third-order valence-electron chi connectivity index (χ3n) is 5.82. The van der Waals surface area contributed by atoms with Crippen LogP contribution in [0.3, 0.4) is 0 Å². The number of anilines is 1. The Morgan fingerprint density at radius 2 is 1.69 bits per heavy atom. The van der Waals surface area contributed by atoms with Gasteiger partial charge in [0.2, 0.25) is 0 Å². The minimum atomic E-state index is -0.826. The maximum absolute atomic E-state index is 13.3.